The molecule has 4 rings (SSSR count). The highest BCUT2D eigenvalue weighted by atomic mass is 35.5. The van der Waals surface area contributed by atoms with Crippen molar-refractivity contribution in [2.24, 2.45) is 5.41 Å². The molecule has 2 amide bonds. The molecule has 0 atom stereocenters. The largest absolute Gasteiger partial charge is 0.372 e. The minimum atomic E-state index is -1.01. The second-order valence-electron chi connectivity index (χ2n) is 7.56. The van der Waals surface area contributed by atoms with Crippen LogP contribution >= 0.6 is 11.6 Å². The van der Waals surface area contributed by atoms with Crippen LogP contribution < -0.4 is 15.5 Å². The van der Waals surface area contributed by atoms with E-state index in [1.165, 1.54) is 24.9 Å². The number of piperidine rings is 1. The topological polar surface area (TPSA) is 61.4 Å². The van der Waals surface area contributed by atoms with Gasteiger partial charge in [-0.2, -0.15) is 0 Å². The molecule has 0 aromatic heterocycles. The molecule has 146 valence electrons. The Kier molecular flexibility index (Phi) is 5.27. The maximum atomic E-state index is 12.8. The van der Waals surface area contributed by atoms with Gasteiger partial charge in [-0.05, 0) is 68.5 Å². The Morgan fingerprint density at radius 1 is 0.857 bits per heavy atom. The smallest absolute Gasteiger partial charge is 0.240 e. The van der Waals surface area contributed by atoms with Crippen LogP contribution in [0, 0.1) is 5.41 Å². The zero-order valence-electron chi connectivity index (χ0n) is 15.7. The highest BCUT2D eigenvalue weighted by molar-refractivity contribution is 6.34. The van der Waals surface area contributed by atoms with Crippen molar-refractivity contribution in [1.82, 2.24) is 0 Å². The van der Waals surface area contributed by atoms with Gasteiger partial charge in [-0.1, -0.05) is 23.7 Å². The second kappa shape index (κ2) is 7.84. The first-order valence-corrected chi connectivity index (χ1v) is 10.2. The minimum absolute atomic E-state index is 0.261. The van der Waals surface area contributed by atoms with E-state index in [4.69, 9.17) is 11.6 Å². The molecule has 28 heavy (non-hydrogen) atoms. The number of benzene rings is 2. The van der Waals surface area contributed by atoms with Crippen LogP contribution in [0.1, 0.15) is 32.1 Å². The summed E-state index contributed by atoms with van der Waals surface area (Å²) < 4.78 is 0. The molecule has 6 heteroatoms. The molecule has 2 aromatic rings. The van der Waals surface area contributed by atoms with E-state index in [0.29, 0.717) is 29.2 Å². The number of carbonyl (C=O) groups excluding carboxylic acids is 2. The number of para-hydroxylation sites is 1. The van der Waals surface area contributed by atoms with Crippen molar-refractivity contribution in [1.29, 1.82) is 0 Å². The molecule has 1 heterocycles. The van der Waals surface area contributed by atoms with Gasteiger partial charge in [0.15, 0.2) is 0 Å². The van der Waals surface area contributed by atoms with E-state index in [0.717, 1.165) is 13.1 Å². The van der Waals surface area contributed by atoms with E-state index in [1.54, 1.807) is 24.3 Å². The van der Waals surface area contributed by atoms with Crippen LogP contribution in [-0.4, -0.2) is 24.9 Å². The monoisotopic (exact) mass is 397 g/mol. The van der Waals surface area contributed by atoms with Crippen molar-refractivity contribution in [3.8, 4) is 0 Å². The zero-order chi connectivity index (χ0) is 19.6. The third-order valence-electron chi connectivity index (χ3n) is 5.59. The molecule has 2 aromatic carbocycles. The van der Waals surface area contributed by atoms with Crippen LogP contribution in [0.15, 0.2) is 48.5 Å². The van der Waals surface area contributed by atoms with Crippen molar-refractivity contribution in [2.75, 3.05) is 28.6 Å². The first kappa shape index (κ1) is 18.8. The molecule has 0 radical (unpaired) electrons. The number of hydrogen-bond donors (Lipinski definition) is 2. The van der Waals surface area contributed by atoms with Gasteiger partial charge in [0.25, 0.3) is 0 Å². The Bertz CT molecular complexity index is 872. The van der Waals surface area contributed by atoms with Gasteiger partial charge >= 0.3 is 0 Å². The van der Waals surface area contributed by atoms with E-state index in [9.17, 15) is 9.59 Å². The maximum absolute atomic E-state index is 12.8. The van der Waals surface area contributed by atoms with Crippen molar-refractivity contribution in [2.45, 2.75) is 32.1 Å². The summed E-state index contributed by atoms with van der Waals surface area (Å²) in [6.45, 7) is 2.16. The molecule has 1 aliphatic heterocycles. The Morgan fingerprint density at radius 3 is 2.14 bits per heavy atom. The quantitative estimate of drug-likeness (QED) is 0.719. The SMILES string of the molecule is O=C(Nc1ccc(N2CCCCC2)cc1)C1(C(=O)Nc2ccccc2Cl)CC1. The lowest BCUT2D eigenvalue weighted by atomic mass is 10.0. The fourth-order valence-corrected chi connectivity index (χ4v) is 3.83. The number of anilines is 3. The second-order valence-corrected chi connectivity index (χ2v) is 7.97. The van der Waals surface area contributed by atoms with Crippen LogP contribution in [0.5, 0.6) is 0 Å². The van der Waals surface area contributed by atoms with Crippen LogP contribution in [0.3, 0.4) is 0 Å². The fraction of sp³-hybridized carbons (Fsp3) is 0.364. The average molecular weight is 398 g/mol. The number of nitrogens with zero attached hydrogens (tertiary/aromatic N) is 1. The van der Waals surface area contributed by atoms with Gasteiger partial charge in [0, 0.05) is 24.5 Å². The summed E-state index contributed by atoms with van der Waals surface area (Å²) >= 11 is 6.11. The predicted octanol–water partition coefficient (Wildman–Crippen LogP) is 4.69. The lowest BCUT2D eigenvalue weighted by Crippen LogP contribution is -2.35. The van der Waals surface area contributed by atoms with E-state index in [-0.39, 0.29) is 11.8 Å². The number of amides is 2. The third kappa shape index (κ3) is 3.85. The lowest BCUT2D eigenvalue weighted by molar-refractivity contribution is -0.131. The minimum Gasteiger partial charge on any atom is -0.372 e. The van der Waals surface area contributed by atoms with Gasteiger partial charge in [-0.3, -0.25) is 9.59 Å². The summed E-state index contributed by atoms with van der Waals surface area (Å²) in [4.78, 5) is 27.9. The standard InChI is InChI=1S/C22H24ClN3O2/c23-18-6-2-3-7-19(18)25-21(28)22(12-13-22)20(27)24-16-8-10-17(11-9-16)26-14-4-1-5-15-26/h2-3,6-11H,1,4-5,12-15H2,(H,24,27)(H,25,28). The fourth-order valence-electron chi connectivity index (χ4n) is 3.65. The molecule has 0 unspecified atom stereocenters. The van der Waals surface area contributed by atoms with Crippen molar-refractivity contribution < 1.29 is 9.59 Å². The molecule has 1 saturated heterocycles. The van der Waals surface area contributed by atoms with Crippen molar-refractivity contribution in [3.63, 3.8) is 0 Å². The number of rotatable bonds is 5. The predicted molar refractivity (Wildman–Crippen MR) is 113 cm³/mol. The Morgan fingerprint density at radius 2 is 1.50 bits per heavy atom. The molecule has 5 nitrogen and oxygen atoms in total. The van der Waals surface area contributed by atoms with Gasteiger partial charge < -0.3 is 15.5 Å². The van der Waals surface area contributed by atoms with Gasteiger partial charge in [0.2, 0.25) is 11.8 Å². The highest BCUT2D eigenvalue weighted by Gasteiger charge is 2.56. The van der Waals surface area contributed by atoms with E-state index in [1.807, 2.05) is 24.3 Å². The summed E-state index contributed by atoms with van der Waals surface area (Å²) in [5.74, 6) is -0.564. The Labute approximate surface area is 170 Å². The third-order valence-corrected chi connectivity index (χ3v) is 5.92. The van der Waals surface area contributed by atoms with E-state index in [2.05, 4.69) is 15.5 Å². The van der Waals surface area contributed by atoms with Crippen molar-refractivity contribution in [3.05, 3.63) is 53.6 Å². The molecular weight excluding hydrogens is 374 g/mol. The normalized spacial score (nSPS) is 17.7. The Balaban J connectivity index is 1.40. The summed E-state index contributed by atoms with van der Waals surface area (Å²) in [5.41, 5.74) is 1.40. The molecule has 2 fully saturated rings. The number of carbonyl (C=O) groups is 2. The highest BCUT2D eigenvalue weighted by Crippen LogP contribution is 2.47. The average Bonchev–Trinajstić information content (AvgIpc) is 3.53. The number of nitrogens with one attached hydrogen (secondary N) is 2. The maximum Gasteiger partial charge on any atom is 0.240 e. The first-order chi connectivity index (χ1) is 13.6. The van der Waals surface area contributed by atoms with Crippen LogP contribution in [0.2, 0.25) is 5.02 Å². The van der Waals surface area contributed by atoms with E-state index < -0.39 is 5.41 Å². The molecule has 1 aliphatic carbocycles. The molecule has 2 N–H and O–H groups in total. The lowest BCUT2D eigenvalue weighted by Gasteiger charge is -2.28. The molecule has 0 spiro atoms. The molecule has 0 bridgehead atoms. The Hall–Kier alpha value is -2.53. The van der Waals surface area contributed by atoms with E-state index >= 15 is 0 Å². The zero-order valence-corrected chi connectivity index (χ0v) is 16.5. The van der Waals surface area contributed by atoms with Gasteiger partial charge in [0.05, 0.1) is 10.7 Å². The van der Waals surface area contributed by atoms with Gasteiger partial charge in [-0.25, -0.2) is 0 Å². The molecular formula is C22H24ClN3O2. The summed E-state index contributed by atoms with van der Waals surface area (Å²) in [6.07, 6.45) is 4.83. The first-order valence-electron chi connectivity index (χ1n) is 9.81. The van der Waals surface area contributed by atoms with Gasteiger partial charge in [-0.15, -0.1) is 0 Å². The number of halogens is 1. The van der Waals surface area contributed by atoms with Crippen molar-refractivity contribution >= 4 is 40.5 Å². The molecule has 1 saturated carbocycles. The summed E-state index contributed by atoms with van der Waals surface area (Å²) in [7, 11) is 0. The van der Waals surface area contributed by atoms with Crippen LogP contribution in [0.4, 0.5) is 17.1 Å². The number of hydrogen-bond acceptors (Lipinski definition) is 3. The summed E-state index contributed by atoms with van der Waals surface area (Å²) in [6, 6.07) is 14.9. The van der Waals surface area contributed by atoms with Gasteiger partial charge in [0.1, 0.15) is 5.41 Å². The molecule has 2 aliphatic rings. The van der Waals surface area contributed by atoms with Crippen LogP contribution in [0.25, 0.3) is 0 Å². The van der Waals surface area contributed by atoms with Crippen LogP contribution in [-0.2, 0) is 9.59 Å². The summed E-state index contributed by atoms with van der Waals surface area (Å²) in [5, 5.41) is 6.16.